The van der Waals surface area contributed by atoms with Gasteiger partial charge in [0, 0.05) is 24.7 Å². The van der Waals surface area contributed by atoms with Gasteiger partial charge in [0.05, 0.1) is 6.04 Å². The molecule has 0 N–H and O–H groups in total. The maximum absolute atomic E-state index is 4.12. The number of rotatable bonds is 5. The quantitative estimate of drug-likeness (QED) is 0.722. The Labute approximate surface area is 124 Å². The Kier molecular flexibility index (Phi) is 3.73. The molecule has 0 radical (unpaired) electrons. The van der Waals surface area contributed by atoms with Crippen molar-refractivity contribution in [3.63, 3.8) is 0 Å². The lowest BCUT2D eigenvalue weighted by molar-refractivity contribution is 0.486. The van der Waals surface area contributed by atoms with Crippen molar-refractivity contribution in [1.82, 2.24) is 24.8 Å². The van der Waals surface area contributed by atoms with E-state index in [0.29, 0.717) is 6.04 Å². The van der Waals surface area contributed by atoms with Crippen LogP contribution in [0.5, 0.6) is 0 Å². The van der Waals surface area contributed by atoms with Crippen LogP contribution in [-0.4, -0.2) is 24.8 Å². The van der Waals surface area contributed by atoms with Gasteiger partial charge >= 0.3 is 0 Å². The molecule has 0 fully saturated rings. The Bertz CT molecular complexity index is 738. The molecule has 5 nitrogen and oxygen atoms in total. The van der Waals surface area contributed by atoms with Crippen LogP contribution in [0.3, 0.4) is 0 Å². The van der Waals surface area contributed by atoms with E-state index in [4.69, 9.17) is 0 Å². The molecule has 2 aromatic heterocycles. The van der Waals surface area contributed by atoms with E-state index in [1.54, 1.807) is 0 Å². The lowest BCUT2D eigenvalue weighted by Gasteiger charge is -2.08. The zero-order chi connectivity index (χ0) is 14.8. The van der Waals surface area contributed by atoms with E-state index in [1.807, 2.05) is 4.68 Å². The molecule has 3 rings (SSSR count). The van der Waals surface area contributed by atoms with Crippen LogP contribution in [0.25, 0.3) is 10.9 Å². The molecule has 0 aliphatic heterocycles. The summed E-state index contributed by atoms with van der Waals surface area (Å²) in [7, 11) is 0. The van der Waals surface area contributed by atoms with Gasteiger partial charge in [-0.2, -0.15) is 0 Å². The predicted octanol–water partition coefficient (Wildman–Crippen LogP) is 3.15. The zero-order valence-corrected chi connectivity index (χ0v) is 12.8. The molecule has 0 aliphatic carbocycles. The summed E-state index contributed by atoms with van der Waals surface area (Å²) in [5.41, 5.74) is 2.60. The fourth-order valence-corrected chi connectivity index (χ4v) is 2.70. The minimum atomic E-state index is 0.311. The molecule has 21 heavy (non-hydrogen) atoms. The fraction of sp³-hybridized carbons (Fsp3) is 0.438. The van der Waals surface area contributed by atoms with Crippen LogP contribution in [-0.2, 0) is 13.0 Å². The first-order valence-corrected chi connectivity index (χ1v) is 7.47. The molecule has 110 valence electrons. The molecule has 0 saturated carbocycles. The maximum Gasteiger partial charge on any atom is 0.151 e. The second-order valence-electron chi connectivity index (χ2n) is 5.81. The normalized spacial score (nSPS) is 11.6. The average molecular weight is 283 g/mol. The minimum absolute atomic E-state index is 0.311. The van der Waals surface area contributed by atoms with Gasteiger partial charge in [0.2, 0.25) is 0 Å². The standard InChI is InChI=1S/C16H21N5/c1-12(2)21-16(17-18-19-21)5-4-9-20-10-8-14-11-13(3)6-7-15(14)20/h6-8,10-12H,4-5,9H2,1-3H3. The van der Waals surface area contributed by atoms with Gasteiger partial charge in [-0.1, -0.05) is 11.6 Å². The number of benzene rings is 1. The number of fused-ring (bicyclic) bond motifs is 1. The largest absolute Gasteiger partial charge is 0.347 e. The Balaban J connectivity index is 1.68. The number of hydrogen-bond donors (Lipinski definition) is 0. The topological polar surface area (TPSA) is 48.5 Å². The smallest absolute Gasteiger partial charge is 0.151 e. The summed E-state index contributed by atoms with van der Waals surface area (Å²) in [6.45, 7) is 7.31. The summed E-state index contributed by atoms with van der Waals surface area (Å²) >= 11 is 0. The maximum atomic E-state index is 4.12. The number of aromatic nitrogens is 5. The molecule has 1 aromatic carbocycles. The number of tetrazole rings is 1. The van der Waals surface area contributed by atoms with E-state index in [9.17, 15) is 0 Å². The summed E-state index contributed by atoms with van der Waals surface area (Å²) in [6.07, 6.45) is 4.09. The summed E-state index contributed by atoms with van der Waals surface area (Å²) in [5, 5.41) is 13.2. The Morgan fingerprint density at radius 1 is 1.19 bits per heavy atom. The van der Waals surface area contributed by atoms with Crippen molar-refractivity contribution in [2.75, 3.05) is 0 Å². The molecule has 0 atom stereocenters. The summed E-state index contributed by atoms with van der Waals surface area (Å²) < 4.78 is 4.20. The lowest BCUT2D eigenvalue weighted by atomic mass is 10.2. The third-order valence-corrected chi connectivity index (χ3v) is 3.78. The highest BCUT2D eigenvalue weighted by Crippen LogP contribution is 2.18. The molecule has 2 heterocycles. The molecule has 0 unspecified atom stereocenters. The molecule has 3 aromatic rings. The second kappa shape index (κ2) is 5.68. The molecule has 5 heteroatoms. The van der Waals surface area contributed by atoms with Crippen molar-refractivity contribution in [2.24, 2.45) is 0 Å². The van der Waals surface area contributed by atoms with Crippen molar-refractivity contribution in [2.45, 2.75) is 46.2 Å². The van der Waals surface area contributed by atoms with E-state index in [0.717, 1.165) is 25.2 Å². The fourth-order valence-electron chi connectivity index (χ4n) is 2.70. The van der Waals surface area contributed by atoms with Gasteiger partial charge in [0.15, 0.2) is 5.82 Å². The summed E-state index contributed by atoms with van der Waals surface area (Å²) in [5.74, 6) is 0.970. The SMILES string of the molecule is Cc1ccc2c(ccn2CCCc2nnnn2C(C)C)c1. The first-order valence-electron chi connectivity index (χ1n) is 7.47. The van der Waals surface area contributed by atoms with Gasteiger partial charge < -0.3 is 4.57 Å². The van der Waals surface area contributed by atoms with Gasteiger partial charge in [0.1, 0.15) is 0 Å². The van der Waals surface area contributed by atoms with Crippen LogP contribution in [0.4, 0.5) is 0 Å². The van der Waals surface area contributed by atoms with Gasteiger partial charge in [-0.25, -0.2) is 4.68 Å². The van der Waals surface area contributed by atoms with Crippen molar-refractivity contribution in [3.05, 3.63) is 41.9 Å². The third-order valence-electron chi connectivity index (χ3n) is 3.78. The van der Waals surface area contributed by atoms with E-state index >= 15 is 0 Å². The first kappa shape index (κ1) is 13.8. The summed E-state index contributed by atoms with van der Waals surface area (Å²) in [6, 6.07) is 9.08. The molecule has 0 bridgehead atoms. The highest BCUT2D eigenvalue weighted by atomic mass is 15.5. The van der Waals surface area contributed by atoms with Crippen LogP contribution >= 0.6 is 0 Å². The summed E-state index contributed by atoms with van der Waals surface area (Å²) in [4.78, 5) is 0. The van der Waals surface area contributed by atoms with Crippen molar-refractivity contribution >= 4 is 10.9 Å². The molecule has 0 saturated heterocycles. The number of nitrogens with zero attached hydrogens (tertiary/aromatic N) is 5. The Morgan fingerprint density at radius 2 is 2.05 bits per heavy atom. The van der Waals surface area contributed by atoms with Gasteiger partial charge in [-0.3, -0.25) is 0 Å². The molecule has 0 spiro atoms. The monoisotopic (exact) mass is 283 g/mol. The molecular formula is C16H21N5. The highest BCUT2D eigenvalue weighted by Gasteiger charge is 2.09. The Morgan fingerprint density at radius 3 is 2.86 bits per heavy atom. The lowest BCUT2D eigenvalue weighted by Crippen LogP contribution is -2.09. The van der Waals surface area contributed by atoms with E-state index in [2.05, 4.69) is 71.3 Å². The van der Waals surface area contributed by atoms with Gasteiger partial charge in [0.25, 0.3) is 0 Å². The Hall–Kier alpha value is -2.17. The molecule has 0 amide bonds. The second-order valence-corrected chi connectivity index (χ2v) is 5.81. The van der Waals surface area contributed by atoms with E-state index in [1.165, 1.54) is 16.5 Å². The zero-order valence-electron chi connectivity index (χ0n) is 12.8. The van der Waals surface area contributed by atoms with Crippen LogP contribution in [0.1, 0.15) is 37.7 Å². The van der Waals surface area contributed by atoms with Crippen LogP contribution in [0.15, 0.2) is 30.5 Å². The highest BCUT2D eigenvalue weighted by molar-refractivity contribution is 5.80. The van der Waals surface area contributed by atoms with Gasteiger partial charge in [-0.15, -0.1) is 5.10 Å². The first-order chi connectivity index (χ1) is 10.1. The minimum Gasteiger partial charge on any atom is -0.347 e. The van der Waals surface area contributed by atoms with Crippen LogP contribution in [0.2, 0.25) is 0 Å². The van der Waals surface area contributed by atoms with E-state index in [-0.39, 0.29) is 0 Å². The van der Waals surface area contributed by atoms with E-state index < -0.39 is 0 Å². The average Bonchev–Trinajstić information content (AvgIpc) is 3.05. The number of hydrogen-bond acceptors (Lipinski definition) is 3. The predicted molar refractivity (Wildman–Crippen MR) is 83.2 cm³/mol. The van der Waals surface area contributed by atoms with Crippen molar-refractivity contribution in [1.29, 1.82) is 0 Å². The van der Waals surface area contributed by atoms with Crippen LogP contribution < -0.4 is 0 Å². The van der Waals surface area contributed by atoms with Crippen molar-refractivity contribution < 1.29 is 0 Å². The van der Waals surface area contributed by atoms with Crippen molar-refractivity contribution in [3.8, 4) is 0 Å². The van der Waals surface area contributed by atoms with Gasteiger partial charge in [-0.05, 0) is 61.2 Å². The third kappa shape index (κ3) is 2.82. The van der Waals surface area contributed by atoms with Crippen LogP contribution in [0, 0.1) is 6.92 Å². The number of aryl methyl sites for hydroxylation is 3. The molecular weight excluding hydrogens is 262 g/mol. The molecule has 0 aliphatic rings.